The zero-order valence-corrected chi connectivity index (χ0v) is 4.36. The molecule has 1 aromatic rings. The Kier molecular flexibility index (Phi) is 0.722. The Labute approximate surface area is 45.4 Å². The Morgan fingerprint density at radius 2 is 2.29 bits per heavy atom. The van der Waals surface area contributed by atoms with E-state index >= 15 is 0 Å². The number of rotatable bonds is 1. The first kappa shape index (κ1) is 4.46. The summed E-state index contributed by atoms with van der Waals surface area (Å²) in [6.45, 7) is 3.34. The van der Waals surface area contributed by atoms with Gasteiger partial charge in [0, 0.05) is 6.20 Å². The lowest BCUT2D eigenvalue weighted by molar-refractivity contribution is 1.31. The third-order valence-electron chi connectivity index (χ3n) is 0.753. The molecule has 1 aromatic heterocycles. The molecule has 0 amide bonds. The van der Waals surface area contributed by atoms with E-state index in [4.69, 9.17) is 0 Å². The van der Waals surface area contributed by atoms with Crippen molar-refractivity contribution in [1.29, 1.82) is 0 Å². The van der Waals surface area contributed by atoms with Crippen molar-refractivity contribution >= 4 is 18.4 Å². The molecule has 0 aliphatic heterocycles. The molecule has 0 radical (unpaired) electrons. The van der Waals surface area contributed by atoms with Crippen molar-refractivity contribution in [2.45, 2.75) is 0 Å². The molecule has 0 aromatic carbocycles. The molecular weight excluding hydrogens is 110 g/mol. The second-order valence-corrected chi connectivity index (χ2v) is 1.55. The predicted octanol–water partition coefficient (Wildman–Crippen LogP) is 0.554. The van der Waals surface area contributed by atoms with Crippen LogP contribution >= 0.6 is 12.2 Å². The number of nitrogens with zero attached hydrogens (tertiary/aromatic N) is 1. The standard InChI is InChI=1S/C4H3NOS/c1-2-5-3(6)4(5)7/h2H,1H2. The average molecular weight is 113 g/mol. The minimum atomic E-state index is -0.0926. The van der Waals surface area contributed by atoms with Crippen LogP contribution in [0.4, 0.5) is 0 Å². The van der Waals surface area contributed by atoms with Gasteiger partial charge in [0.2, 0.25) is 0 Å². The van der Waals surface area contributed by atoms with Crippen LogP contribution in [0.1, 0.15) is 0 Å². The van der Waals surface area contributed by atoms with Gasteiger partial charge in [-0.1, -0.05) is 18.8 Å². The summed E-state index contributed by atoms with van der Waals surface area (Å²) in [6, 6.07) is 0. The summed E-state index contributed by atoms with van der Waals surface area (Å²) in [4.78, 5) is 10.2. The van der Waals surface area contributed by atoms with Crippen LogP contribution in [0.15, 0.2) is 11.4 Å². The van der Waals surface area contributed by atoms with Gasteiger partial charge < -0.3 is 0 Å². The average Bonchev–Trinajstić information content (AvgIpc) is 2.17. The molecule has 0 unspecified atom stereocenters. The van der Waals surface area contributed by atoms with Crippen LogP contribution in [0.2, 0.25) is 0 Å². The first-order chi connectivity index (χ1) is 3.27. The van der Waals surface area contributed by atoms with Gasteiger partial charge >= 0.3 is 0 Å². The van der Waals surface area contributed by atoms with Crippen LogP contribution in [0.25, 0.3) is 6.20 Å². The molecule has 1 rings (SSSR count). The molecule has 0 aliphatic carbocycles. The molecule has 0 saturated heterocycles. The van der Waals surface area contributed by atoms with Crippen LogP contribution in [0, 0.1) is 4.64 Å². The van der Waals surface area contributed by atoms with E-state index in [-0.39, 0.29) is 5.56 Å². The Morgan fingerprint density at radius 3 is 2.29 bits per heavy atom. The second-order valence-electron chi connectivity index (χ2n) is 1.16. The molecule has 2 nitrogen and oxygen atoms in total. The Morgan fingerprint density at radius 1 is 1.86 bits per heavy atom. The van der Waals surface area contributed by atoms with Gasteiger partial charge in [0.25, 0.3) is 5.56 Å². The van der Waals surface area contributed by atoms with E-state index in [2.05, 4.69) is 18.8 Å². The highest BCUT2D eigenvalue weighted by Crippen LogP contribution is 1.85. The van der Waals surface area contributed by atoms with Crippen LogP contribution in [-0.4, -0.2) is 4.57 Å². The van der Waals surface area contributed by atoms with Gasteiger partial charge in [-0.2, -0.15) is 0 Å². The summed E-state index contributed by atoms with van der Waals surface area (Å²) in [5, 5.41) is 0. The second kappa shape index (κ2) is 1.13. The normalized spacial score (nSPS) is 9.71. The molecule has 3 heteroatoms. The molecule has 0 fully saturated rings. The van der Waals surface area contributed by atoms with Crippen LogP contribution in [0.5, 0.6) is 0 Å². The minimum absolute atomic E-state index is 0.0926. The highest BCUT2D eigenvalue weighted by molar-refractivity contribution is 7.71. The van der Waals surface area contributed by atoms with Gasteiger partial charge in [-0.15, -0.1) is 0 Å². The van der Waals surface area contributed by atoms with E-state index < -0.39 is 0 Å². The van der Waals surface area contributed by atoms with Crippen molar-refractivity contribution in [2.75, 3.05) is 0 Å². The Hall–Kier alpha value is -0.700. The molecule has 36 valence electrons. The molecule has 0 bridgehead atoms. The predicted molar refractivity (Wildman–Crippen MR) is 30.3 cm³/mol. The summed E-state index contributed by atoms with van der Waals surface area (Å²) in [5.41, 5.74) is -0.0926. The summed E-state index contributed by atoms with van der Waals surface area (Å²) in [5.74, 6) is 0. The van der Waals surface area contributed by atoms with Gasteiger partial charge in [0.1, 0.15) is 0 Å². The molecular formula is C4H3NOS. The van der Waals surface area contributed by atoms with E-state index in [1.165, 1.54) is 10.8 Å². The Balaban J connectivity index is 3.27. The summed E-state index contributed by atoms with van der Waals surface area (Å²) in [6.07, 6.45) is 1.41. The van der Waals surface area contributed by atoms with Crippen molar-refractivity contribution in [3.63, 3.8) is 0 Å². The van der Waals surface area contributed by atoms with Crippen molar-refractivity contribution in [3.8, 4) is 0 Å². The van der Waals surface area contributed by atoms with E-state index in [0.717, 1.165) is 0 Å². The fraction of sp³-hybridized carbons (Fsp3) is 0. The topological polar surface area (TPSA) is 22.0 Å². The van der Waals surface area contributed by atoms with Gasteiger partial charge in [-0.3, -0.25) is 9.36 Å². The van der Waals surface area contributed by atoms with E-state index in [1.54, 1.807) is 0 Å². The smallest absolute Gasteiger partial charge is 0.268 e. The minimum Gasteiger partial charge on any atom is -0.268 e. The number of hydrogen-bond acceptors (Lipinski definition) is 2. The molecule has 0 saturated carbocycles. The SMILES string of the molecule is C=Cn1c(=O)c1=S. The van der Waals surface area contributed by atoms with Gasteiger partial charge in [-0.05, 0) is 0 Å². The van der Waals surface area contributed by atoms with Crippen molar-refractivity contribution < 1.29 is 0 Å². The summed E-state index contributed by atoms with van der Waals surface area (Å²) < 4.78 is 1.69. The van der Waals surface area contributed by atoms with Crippen molar-refractivity contribution in [3.05, 3.63) is 21.6 Å². The highest BCUT2D eigenvalue weighted by Gasteiger charge is 2.04. The third kappa shape index (κ3) is 0.452. The first-order valence-corrected chi connectivity index (χ1v) is 2.18. The van der Waals surface area contributed by atoms with E-state index in [0.29, 0.717) is 4.64 Å². The molecule has 0 spiro atoms. The van der Waals surface area contributed by atoms with Crippen molar-refractivity contribution in [2.24, 2.45) is 0 Å². The third-order valence-corrected chi connectivity index (χ3v) is 1.12. The lowest BCUT2D eigenvalue weighted by Gasteiger charge is -1.61. The summed E-state index contributed by atoms with van der Waals surface area (Å²) in [7, 11) is 0. The van der Waals surface area contributed by atoms with E-state index in [9.17, 15) is 4.79 Å². The van der Waals surface area contributed by atoms with Crippen molar-refractivity contribution in [1.82, 2.24) is 4.57 Å². The molecule has 0 N–H and O–H groups in total. The van der Waals surface area contributed by atoms with Crippen LogP contribution in [-0.2, 0) is 0 Å². The van der Waals surface area contributed by atoms with Crippen LogP contribution in [0.3, 0.4) is 0 Å². The maximum absolute atomic E-state index is 10.2. The van der Waals surface area contributed by atoms with Gasteiger partial charge in [-0.25, -0.2) is 0 Å². The van der Waals surface area contributed by atoms with Crippen LogP contribution < -0.4 is 5.56 Å². The van der Waals surface area contributed by atoms with Gasteiger partial charge in [0.05, 0.1) is 0 Å². The maximum Gasteiger partial charge on any atom is 0.291 e. The zero-order valence-electron chi connectivity index (χ0n) is 3.55. The molecule has 0 aliphatic rings. The maximum atomic E-state index is 10.2. The quantitative estimate of drug-likeness (QED) is 0.496. The molecule has 7 heavy (non-hydrogen) atoms. The fourth-order valence-electron chi connectivity index (χ4n) is 0.312. The molecule has 1 heterocycles. The first-order valence-electron chi connectivity index (χ1n) is 1.77. The highest BCUT2D eigenvalue weighted by atomic mass is 32.1. The monoisotopic (exact) mass is 113 g/mol. The zero-order chi connectivity index (χ0) is 5.44. The Bertz CT molecular complexity index is 228. The largest absolute Gasteiger partial charge is 0.291 e. The van der Waals surface area contributed by atoms with E-state index in [1.807, 2.05) is 0 Å². The molecule has 0 atom stereocenters. The number of hydrogen-bond donors (Lipinski definition) is 0. The van der Waals surface area contributed by atoms with Gasteiger partial charge in [0.15, 0.2) is 4.64 Å². The fourth-order valence-corrected chi connectivity index (χ4v) is 0.522. The number of aromatic nitrogens is 1. The lowest BCUT2D eigenvalue weighted by Crippen LogP contribution is -1.80. The summed E-state index contributed by atoms with van der Waals surface area (Å²) >= 11 is 4.50. The lowest BCUT2D eigenvalue weighted by atomic mass is 11.0.